The molecule has 6 rings (SSSR count). The molecule has 208 valence electrons. The predicted octanol–water partition coefficient (Wildman–Crippen LogP) is 4.15. The molecule has 0 spiro atoms. The average molecular weight is 538 g/mol. The van der Waals surface area contributed by atoms with Crippen molar-refractivity contribution >= 4 is 22.7 Å². The van der Waals surface area contributed by atoms with Crippen molar-refractivity contribution in [3.8, 4) is 5.69 Å². The van der Waals surface area contributed by atoms with Crippen molar-refractivity contribution in [2.75, 3.05) is 51.4 Å². The first-order valence-corrected chi connectivity index (χ1v) is 14.0. The lowest BCUT2D eigenvalue weighted by Gasteiger charge is -2.43. The molecule has 2 aliphatic heterocycles. The number of ether oxygens (including phenoxy) is 2. The Morgan fingerprint density at radius 2 is 1.90 bits per heavy atom. The number of anilines is 1. The lowest BCUT2D eigenvalue weighted by atomic mass is 9.81. The van der Waals surface area contributed by atoms with E-state index in [0.717, 1.165) is 75.1 Å². The molecule has 3 aliphatic rings. The van der Waals surface area contributed by atoms with Crippen LogP contribution in [0.1, 0.15) is 59.8 Å². The number of nitrogens with zero attached hydrogens (tertiary/aromatic N) is 5. The van der Waals surface area contributed by atoms with Gasteiger partial charge in [0.05, 0.1) is 41.8 Å². The van der Waals surface area contributed by atoms with Crippen LogP contribution >= 0.6 is 0 Å². The van der Waals surface area contributed by atoms with Gasteiger partial charge in [0.15, 0.2) is 11.3 Å². The van der Waals surface area contributed by atoms with E-state index in [0.29, 0.717) is 42.1 Å². The van der Waals surface area contributed by atoms with Crippen LogP contribution in [0.5, 0.6) is 0 Å². The molecule has 3 aromatic rings. The highest BCUT2D eigenvalue weighted by Gasteiger charge is 2.34. The number of carboxylic acid groups (broad SMARTS) is 1. The Balaban J connectivity index is 1.38. The number of hydrogen-bond donors (Lipinski definition) is 1. The van der Waals surface area contributed by atoms with Crippen molar-refractivity contribution in [3.63, 3.8) is 0 Å². The molecular weight excluding hydrogens is 501 g/mol. The van der Waals surface area contributed by atoms with Gasteiger partial charge in [-0.2, -0.15) is 5.10 Å². The molecule has 2 saturated heterocycles. The Morgan fingerprint density at radius 1 is 1.15 bits per heavy atom. The smallest absolute Gasteiger partial charge is 0.354 e. The molecule has 3 fully saturated rings. The monoisotopic (exact) mass is 537 g/mol. The maximum absolute atomic E-state index is 13.7. The fraction of sp³-hybridized carbons (Fsp3) is 0.552. The van der Waals surface area contributed by atoms with E-state index in [1.165, 1.54) is 12.1 Å². The zero-order chi connectivity index (χ0) is 27.1. The third kappa shape index (κ3) is 4.90. The van der Waals surface area contributed by atoms with Crippen molar-refractivity contribution in [2.45, 2.75) is 57.1 Å². The van der Waals surface area contributed by atoms with Crippen molar-refractivity contribution in [3.05, 3.63) is 47.0 Å². The number of halogens is 1. The number of aromatic nitrogens is 3. The van der Waals surface area contributed by atoms with Gasteiger partial charge in [0.25, 0.3) is 0 Å². The predicted molar refractivity (Wildman–Crippen MR) is 146 cm³/mol. The largest absolute Gasteiger partial charge is 0.476 e. The van der Waals surface area contributed by atoms with Crippen molar-refractivity contribution in [2.24, 2.45) is 0 Å². The van der Waals surface area contributed by atoms with E-state index in [-0.39, 0.29) is 17.6 Å². The molecule has 1 N–H and O–H groups in total. The summed E-state index contributed by atoms with van der Waals surface area (Å²) in [7, 11) is 1.71. The Hall–Kier alpha value is -3.08. The van der Waals surface area contributed by atoms with E-state index >= 15 is 0 Å². The van der Waals surface area contributed by atoms with E-state index < -0.39 is 5.97 Å². The molecular formula is C29H36FN5O4. The molecule has 1 aromatic carbocycles. The highest BCUT2D eigenvalue weighted by atomic mass is 19.1. The number of pyridine rings is 1. The first-order chi connectivity index (χ1) is 18.9. The molecule has 39 heavy (non-hydrogen) atoms. The second-order valence-electron chi connectivity index (χ2n) is 11.0. The number of rotatable bonds is 7. The number of hydrogen-bond acceptors (Lipinski definition) is 7. The van der Waals surface area contributed by atoms with Gasteiger partial charge in [-0.3, -0.25) is 4.90 Å². The summed E-state index contributed by atoms with van der Waals surface area (Å²) in [6, 6.07) is 6.57. The van der Waals surface area contributed by atoms with E-state index in [9.17, 15) is 14.3 Å². The molecule has 1 unspecified atom stereocenters. The van der Waals surface area contributed by atoms with Crippen LogP contribution in [0.4, 0.5) is 10.1 Å². The third-order valence-electron chi connectivity index (χ3n) is 8.64. The number of morpholine rings is 1. The summed E-state index contributed by atoms with van der Waals surface area (Å²) in [6.45, 7) is 6.62. The average Bonchev–Trinajstić information content (AvgIpc) is 3.26. The second kappa shape index (κ2) is 10.8. The fourth-order valence-electron chi connectivity index (χ4n) is 6.39. The Bertz CT molecular complexity index is 1350. The van der Waals surface area contributed by atoms with Crippen molar-refractivity contribution in [1.82, 2.24) is 19.7 Å². The number of methoxy groups -OCH3 is 1. The number of carbonyl (C=O) groups is 1. The van der Waals surface area contributed by atoms with Gasteiger partial charge >= 0.3 is 5.97 Å². The standard InChI is InChI=1S/C29H36FN5O4/c1-18-25(29(36)37)31-28-24(26(19-4-3-5-19)32-35(28)22-8-6-20(30)7-9-22)27(18)33-12-10-21(11-13-33)34-14-15-39-23(16-34)17-38-2/h6-9,19,21,23H,3-5,10-17H2,1-2H3,(H,36,37). The number of piperidine rings is 1. The van der Waals surface area contributed by atoms with Crippen LogP contribution in [0, 0.1) is 12.7 Å². The number of fused-ring (bicyclic) bond motifs is 1. The summed E-state index contributed by atoms with van der Waals surface area (Å²) < 4.78 is 26.6. The van der Waals surface area contributed by atoms with Crippen LogP contribution in [0.2, 0.25) is 0 Å². The van der Waals surface area contributed by atoms with E-state index in [1.54, 1.807) is 23.9 Å². The van der Waals surface area contributed by atoms with Gasteiger partial charge in [0.1, 0.15) is 5.82 Å². The molecule has 10 heteroatoms. The normalized spacial score (nSPS) is 21.4. The number of aromatic carboxylic acids is 1. The van der Waals surface area contributed by atoms with Crippen LogP contribution in [0.3, 0.4) is 0 Å². The SMILES string of the molecule is COCC1CN(C2CCN(c3c(C)c(C(=O)O)nc4c3c(C3CCC3)nn4-c3ccc(F)cc3)CC2)CCO1. The minimum absolute atomic E-state index is 0.0404. The maximum Gasteiger partial charge on any atom is 0.354 e. The highest BCUT2D eigenvalue weighted by Crippen LogP contribution is 2.44. The van der Waals surface area contributed by atoms with Gasteiger partial charge in [-0.25, -0.2) is 18.9 Å². The van der Waals surface area contributed by atoms with Gasteiger partial charge in [-0.05, 0) is 56.9 Å². The van der Waals surface area contributed by atoms with E-state index in [4.69, 9.17) is 14.6 Å². The van der Waals surface area contributed by atoms with Gasteiger partial charge in [-0.1, -0.05) is 6.42 Å². The molecule has 9 nitrogen and oxygen atoms in total. The van der Waals surface area contributed by atoms with Crippen molar-refractivity contribution in [1.29, 1.82) is 0 Å². The zero-order valence-corrected chi connectivity index (χ0v) is 22.6. The Kier molecular flexibility index (Phi) is 7.26. The molecule has 0 radical (unpaired) electrons. The van der Waals surface area contributed by atoms with Gasteiger partial charge < -0.3 is 19.5 Å². The lowest BCUT2D eigenvalue weighted by Crippen LogP contribution is -2.52. The van der Waals surface area contributed by atoms with Crippen LogP contribution in [0.15, 0.2) is 24.3 Å². The quantitative estimate of drug-likeness (QED) is 0.481. The van der Waals surface area contributed by atoms with Crippen molar-refractivity contribution < 1.29 is 23.8 Å². The Labute approximate surface area is 227 Å². The molecule has 0 bridgehead atoms. The minimum Gasteiger partial charge on any atom is -0.476 e. The first kappa shape index (κ1) is 26.2. The highest BCUT2D eigenvalue weighted by molar-refractivity contribution is 6.01. The van der Waals surface area contributed by atoms with E-state index in [2.05, 4.69) is 14.8 Å². The van der Waals surface area contributed by atoms with Crippen LogP contribution in [0.25, 0.3) is 16.7 Å². The zero-order valence-electron chi connectivity index (χ0n) is 22.6. The number of benzene rings is 1. The number of carboxylic acids is 1. The molecule has 4 heterocycles. The summed E-state index contributed by atoms with van der Waals surface area (Å²) in [6.07, 6.45) is 5.32. The minimum atomic E-state index is -1.06. The first-order valence-electron chi connectivity index (χ1n) is 14.0. The molecule has 1 atom stereocenters. The lowest BCUT2D eigenvalue weighted by molar-refractivity contribution is -0.0740. The summed E-state index contributed by atoms with van der Waals surface area (Å²) in [4.78, 5) is 21.9. The Morgan fingerprint density at radius 3 is 2.54 bits per heavy atom. The van der Waals surface area contributed by atoms with Crippen LogP contribution in [-0.4, -0.2) is 89.4 Å². The summed E-state index contributed by atoms with van der Waals surface area (Å²) in [5, 5.41) is 16.1. The summed E-state index contributed by atoms with van der Waals surface area (Å²) in [5.41, 5.74) is 3.82. The van der Waals surface area contributed by atoms with Gasteiger partial charge in [0, 0.05) is 50.8 Å². The van der Waals surface area contributed by atoms with E-state index in [1.807, 2.05) is 6.92 Å². The van der Waals surface area contributed by atoms with Gasteiger partial charge in [0.2, 0.25) is 0 Å². The maximum atomic E-state index is 13.7. The van der Waals surface area contributed by atoms with Crippen LogP contribution in [-0.2, 0) is 9.47 Å². The third-order valence-corrected chi connectivity index (χ3v) is 8.64. The summed E-state index contributed by atoms with van der Waals surface area (Å²) >= 11 is 0. The molecule has 2 aromatic heterocycles. The topological polar surface area (TPSA) is 93.0 Å². The summed E-state index contributed by atoms with van der Waals surface area (Å²) in [5.74, 6) is -1.07. The fourth-order valence-corrected chi connectivity index (χ4v) is 6.39. The molecule has 0 amide bonds. The van der Waals surface area contributed by atoms with Crippen LogP contribution < -0.4 is 4.90 Å². The molecule has 1 saturated carbocycles. The van der Waals surface area contributed by atoms with Gasteiger partial charge in [-0.15, -0.1) is 0 Å². The molecule has 1 aliphatic carbocycles. The second-order valence-corrected chi connectivity index (χ2v) is 11.0.